The number of aryl methyl sites for hydroxylation is 15. The zero-order valence-electron chi connectivity index (χ0n) is 70.0. The van der Waals surface area contributed by atoms with Crippen molar-refractivity contribution >= 4 is 0 Å². The van der Waals surface area contributed by atoms with Crippen LogP contribution in [-0.2, 0) is 61.5 Å². The topological polar surface area (TPSA) is 23.3 Å². The summed E-state index contributed by atoms with van der Waals surface area (Å²) in [5, 5.41) is 0. The average molecular weight is 1380 g/mol. The molecule has 6 aromatic heterocycles. The van der Waals surface area contributed by atoms with Crippen molar-refractivity contribution < 1.29 is 31.5 Å². The largest absolute Gasteiger partial charge is 0.215 e. The van der Waals surface area contributed by atoms with Crippen LogP contribution >= 0.6 is 0 Å². The fraction of sp³-hybridized carbons (Fsp3) is 0.320. The molecule has 0 unspecified atom stereocenters. The Bertz CT molecular complexity index is 4930. The molecule has 534 valence electrons. The van der Waals surface area contributed by atoms with Crippen LogP contribution < -0.4 is 27.4 Å². The van der Waals surface area contributed by atoms with E-state index in [1.165, 1.54) is 123 Å². The third kappa shape index (κ3) is 22.1. The summed E-state index contributed by atoms with van der Waals surface area (Å²) < 4.78 is 36.0. The number of benzene rings is 6. The van der Waals surface area contributed by atoms with Gasteiger partial charge in [-0.05, 0) is 218 Å². The molecule has 0 amide bonds. The van der Waals surface area contributed by atoms with Gasteiger partial charge in [-0.25, -0.2) is 27.4 Å². The van der Waals surface area contributed by atoms with E-state index in [9.17, 15) is 0 Å². The molecular weight excluding hydrogens is 1250 g/mol. The Morgan fingerprint density at radius 1 is 0.320 bits per heavy atom. The lowest BCUT2D eigenvalue weighted by atomic mass is 9.88. The first-order valence-corrected chi connectivity index (χ1v) is 36.9. The lowest BCUT2D eigenvalue weighted by Gasteiger charge is -2.17. The monoisotopic (exact) mass is 1370 g/mol. The zero-order valence-corrected chi connectivity index (χ0v) is 67.0. The molecule has 0 saturated heterocycles. The first-order valence-electron chi connectivity index (χ1n) is 38.4. The Morgan fingerprint density at radius 2 is 0.660 bits per heavy atom. The summed E-state index contributed by atoms with van der Waals surface area (Å²) >= 11 is 0. The van der Waals surface area contributed by atoms with Crippen LogP contribution in [0.5, 0.6) is 0 Å². The Kier molecular flexibility index (Phi) is 27.6. The van der Waals surface area contributed by atoms with Crippen LogP contribution in [0.3, 0.4) is 0 Å². The molecule has 0 aliphatic rings. The lowest BCUT2D eigenvalue weighted by Crippen LogP contribution is -2.33. The molecule has 6 aromatic carbocycles. The number of nitrogens with zero attached hydrogens (tertiary/aromatic N) is 6. The van der Waals surface area contributed by atoms with Crippen LogP contribution in [0.15, 0.2) is 237 Å². The van der Waals surface area contributed by atoms with E-state index in [0.29, 0.717) is 22.8 Å². The minimum Gasteiger partial charge on any atom is -0.201 e. The number of aromatic nitrogens is 6. The van der Waals surface area contributed by atoms with Gasteiger partial charge in [-0.2, -0.15) is 0 Å². The molecule has 0 aliphatic carbocycles. The molecule has 0 atom stereocenters. The molecule has 103 heavy (non-hydrogen) atoms. The van der Waals surface area contributed by atoms with Crippen LogP contribution in [0, 0.1) is 87.4 Å². The minimum absolute atomic E-state index is 0.331. The van der Waals surface area contributed by atoms with E-state index in [1.54, 1.807) is 6.20 Å². The van der Waals surface area contributed by atoms with E-state index >= 15 is 0 Å². The lowest BCUT2D eigenvalue weighted by molar-refractivity contribution is -0.661. The van der Waals surface area contributed by atoms with Crippen molar-refractivity contribution in [2.24, 2.45) is 53.6 Å². The third-order valence-corrected chi connectivity index (χ3v) is 19.5. The normalized spacial score (nSPS) is 11.4. The molecule has 6 heteroatoms. The van der Waals surface area contributed by atoms with Crippen LogP contribution in [0.25, 0.3) is 67.5 Å². The molecule has 0 radical (unpaired) electrons. The smallest absolute Gasteiger partial charge is 0.201 e. The van der Waals surface area contributed by atoms with E-state index in [-0.39, 0.29) is 0 Å². The quantitative estimate of drug-likeness (QED) is 0.115. The predicted molar refractivity (Wildman–Crippen MR) is 436 cm³/mol. The molecule has 0 bridgehead atoms. The van der Waals surface area contributed by atoms with Crippen molar-refractivity contribution in [2.75, 3.05) is 0 Å². The molecule has 12 aromatic rings. The molecule has 12 rings (SSSR count). The summed E-state index contributed by atoms with van der Waals surface area (Å²) in [7, 11) is 12.5. The maximum atomic E-state index is 7.64. The molecule has 0 spiro atoms. The van der Waals surface area contributed by atoms with Crippen molar-refractivity contribution in [1.29, 1.82) is 0 Å². The van der Waals surface area contributed by atoms with Crippen LogP contribution in [0.2, 0.25) is 0 Å². The predicted octanol–water partition coefficient (Wildman–Crippen LogP) is 20.9. The SMILES string of the molecule is CCc1ccc(-c2ccccc2C)[n+](C)c1.Cc1ccccc1-c1c(C)c(C)cc[n+]1C.Cc1ccccc1-c1ccc(C(C)C)c[n+]1C.Cc1ccccc1-c1ccc(CC(C)(C)C)c[n+]1C.Cc1ccccc1-c1ccc(CC(C)C)c[n+]1C.[2H]C([2H])([2H])c1c[n+](C)c(-c2ccccc2C)c(C)c1C. The van der Waals surface area contributed by atoms with Crippen molar-refractivity contribution in [2.45, 2.75) is 157 Å². The second-order valence-corrected chi connectivity index (χ2v) is 30.1. The molecular formula is C97H122N6+6. The van der Waals surface area contributed by atoms with E-state index in [0.717, 1.165) is 41.6 Å². The highest BCUT2D eigenvalue weighted by molar-refractivity contribution is 5.67. The Labute approximate surface area is 626 Å². The Morgan fingerprint density at radius 3 is 1.01 bits per heavy atom. The van der Waals surface area contributed by atoms with Gasteiger partial charge in [-0.3, -0.25) is 0 Å². The van der Waals surface area contributed by atoms with Crippen LogP contribution in [0.4, 0.5) is 0 Å². The first-order chi connectivity index (χ1) is 50.1. The van der Waals surface area contributed by atoms with Crippen molar-refractivity contribution in [3.05, 3.63) is 321 Å². The molecule has 0 N–H and O–H groups in total. The Balaban J connectivity index is 0.000000178. The molecule has 0 aliphatic heterocycles. The number of rotatable bonds is 11. The number of hydrogen-bond acceptors (Lipinski definition) is 0. The fourth-order valence-electron chi connectivity index (χ4n) is 13.4. The summed E-state index contributed by atoms with van der Waals surface area (Å²) in [4.78, 5) is 0. The average Bonchev–Trinajstić information content (AvgIpc) is 0.773. The van der Waals surface area contributed by atoms with Gasteiger partial charge >= 0.3 is 0 Å². The van der Waals surface area contributed by atoms with E-state index in [2.05, 4.69) is 388 Å². The zero-order chi connectivity index (χ0) is 77.9. The van der Waals surface area contributed by atoms with Gasteiger partial charge in [-0.1, -0.05) is 165 Å². The summed E-state index contributed by atoms with van der Waals surface area (Å²) in [6.45, 7) is 37.0. The second kappa shape index (κ2) is 37.4. The minimum atomic E-state index is -2.07. The second-order valence-electron chi connectivity index (χ2n) is 30.1. The van der Waals surface area contributed by atoms with Gasteiger partial charge in [-0.15, -0.1) is 0 Å². The van der Waals surface area contributed by atoms with Gasteiger partial charge in [0.1, 0.15) is 42.3 Å². The van der Waals surface area contributed by atoms with E-state index in [1.807, 2.05) is 37.6 Å². The van der Waals surface area contributed by atoms with Gasteiger partial charge in [0.2, 0.25) is 34.2 Å². The number of pyridine rings is 6. The van der Waals surface area contributed by atoms with Crippen molar-refractivity contribution in [3.8, 4) is 67.5 Å². The standard InChI is InChI=1S/C18H24N.C17H22N.2C16H20N.2C15H18N/c1-14-8-6-7-9-16(14)17-11-10-15(13-19(17)5)12-18(2,3)4;1-13(2)11-15-9-10-17(18(4)12-15)16-8-6-5-7-14(16)3;1-11-8-6-7-9-15(11)16-14(4)13(3)12(2)10-17(16)5;1-12(2)14-9-10-16(17(4)11-14)15-8-6-5-7-13(15)3;1-11-9-10-16(4)15(13(11)3)14-8-6-5-7-12(14)2;1-4-13-9-10-15(16(3)11-13)14-8-6-5-7-12(14)2/h6-11,13H,12H2,1-5H3;5-10,12-13H,11H2,1-4H3;6-10H,1-5H3;5-12H,1-4H3;5-10H,1-4H3;5-11H,4H2,1-3H3/q6*+1/i;;2D3;;;. The highest BCUT2D eigenvalue weighted by Crippen LogP contribution is 2.29. The molecule has 0 fully saturated rings. The van der Waals surface area contributed by atoms with E-state index < -0.39 is 6.85 Å². The maximum Gasteiger partial charge on any atom is 0.215 e. The van der Waals surface area contributed by atoms with Crippen molar-refractivity contribution in [3.63, 3.8) is 0 Å². The van der Waals surface area contributed by atoms with Gasteiger partial charge < -0.3 is 0 Å². The van der Waals surface area contributed by atoms with Crippen molar-refractivity contribution in [1.82, 2.24) is 0 Å². The van der Waals surface area contributed by atoms with Gasteiger partial charge in [0, 0.05) is 107 Å². The molecule has 6 nitrogen and oxygen atoms in total. The summed E-state index contributed by atoms with van der Waals surface area (Å²) in [6.07, 6.45) is 16.1. The van der Waals surface area contributed by atoms with Gasteiger partial charge in [0.05, 0.1) is 0 Å². The number of hydrogen-bond donors (Lipinski definition) is 0. The van der Waals surface area contributed by atoms with Gasteiger partial charge in [0.25, 0.3) is 0 Å². The van der Waals surface area contributed by atoms with Gasteiger partial charge in [0.15, 0.2) is 37.2 Å². The van der Waals surface area contributed by atoms with E-state index in [4.69, 9.17) is 4.11 Å². The summed E-state index contributed by atoms with van der Waals surface area (Å²) in [5.41, 5.74) is 33.9. The first kappa shape index (κ1) is 75.9. The highest BCUT2D eigenvalue weighted by atomic mass is 14.9. The summed E-state index contributed by atoms with van der Waals surface area (Å²) in [5.74, 6) is 1.28. The van der Waals surface area contributed by atoms with Crippen LogP contribution in [0.1, 0.15) is 149 Å². The third-order valence-electron chi connectivity index (χ3n) is 19.5. The highest BCUT2D eigenvalue weighted by Gasteiger charge is 2.22. The Hall–Kier alpha value is -9.78. The molecule has 6 heterocycles. The maximum absolute atomic E-state index is 7.64. The fourth-order valence-corrected chi connectivity index (χ4v) is 13.4. The van der Waals surface area contributed by atoms with Crippen LogP contribution in [-0.4, -0.2) is 0 Å². The summed E-state index contributed by atoms with van der Waals surface area (Å²) in [6, 6.07) is 70.8. The molecule has 0 saturated carbocycles.